The van der Waals surface area contributed by atoms with E-state index in [-0.39, 0.29) is 9.92 Å². The molecule has 3 aromatic carbocycles. The molecule has 0 fully saturated rings. The Morgan fingerprint density at radius 3 is 2.15 bits per heavy atom. The molecule has 0 aliphatic carbocycles. The summed E-state index contributed by atoms with van der Waals surface area (Å²) in [7, 11) is -4.42. The Morgan fingerprint density at radius 1 is 1.00 bits per heavy atom. The second-order valence-electron chi connectivity index (χ2n) is 7.43. The maximum absolute atomic E-state index is 13.4. The molecule has 0 radical (unpaired) electrons. The fourth-order valence-corrected chi connectivity index (χ4v) is 5.10. The molecule has 1 unspecified atom stereocenters. The first-order valence-electron chi connectivity index (χ1n) is 10.3. The summed E-state index contributed by atoms with van der Waals surface area (Å²) in [4.78, 5) is 12.8. The van der Waals surface area contributed by atoms with Gasteiger partial charge in [0.25, 0.3) is 10.0 Å². The number of benzene rings is 3. The van der Waals surface area contributed by atoms with Gasteiger partial charge in [0.05, 0.1) is 27.2 Å². The smallest absolute Gasteiger partial charge is 0.348 e. The van der Waals surface area contributed by atoms with Crippen molar-refractivity contribution in [3.05, 3.63) is 95.0 Å². The molecule has 0 bridgehead atoms. The average Bonchev–Trinajstić information content (AvgIpc) is 2.82. The van der Waals surface area contributed by atoms with Crippen molar-refractivity contribution >= 4 is 33.2 Å². The highest BCUT2D eigenvalue weighted by Gasteiger charge is 2.34. The van der Waals surface area contributed by atoms with Crippen LogP contribution >= 0.6 is 11.6 Å². The Balaban J connectivity index is 2.02. The second-order valence-corrected chi connectivity index (χ2v) is 9.70. The second kappa shape index (κ2) is 10.5. The van der Waals surface area contributed by atoms with Gasteiger partial charge in [-0.2, -0.15) is 13.2 Å². The molecule has 3 rings (SSSR count). The van der Waals surface area contributed by atoms with Crippen LogP contribution in [0.3, 0.4) is 0 Å². The first-order chi connectivity index (χ1) is 16.0. The molecule has 0 aromatic heterocycles. The molecule has 0 heterocycles. The minimum absolute atomic E-state index is 0.189. The third-order valence-electron chi connectivity index (χ3n) is 5.11. The molecule has 1 amide bonds. The normalized spacial score (nSPS) is 12.7. The molecular weight excluding hydrogens is 489 g/mol. The molecule has 34 heavy (non-hydrogen) atoms. The topological polar surface area (TPSA) is 66.5 Å². The summed E-state index contributed by atoms with van der Waals surface area (Å²) < 4.78 is 67.5. The maximum atomic E-state index is 13.4. The van der Waals surface area contributed by atoms with E-state index in [1.54, 1.807) is 18.2 Å². The lowest BCUT2D eigenvalue weighted by atomic mass is 10.0. The number of alkyl halides is 3. The van der Waals surface area contributed by atoms with Crippen molar-refractivity contribution in [2.45, 2.75) is 30.5 Å². The van der Waals surface area contributed by atoms with Gasteiger partial charge >= 0.3 is 6.18 Å². The minimum Gasteiger partial charge on any atom is -0.348 e. The third-order valence-corrected chi connectivity index (χ3v) is 7.20. The summed E-state index contributed by atoms with van der Waals surface area (Å²) in [5.74, 6) is -0.691. The van der Waals surface area contributed by atoms with Crippen LogP contribution in [0, 0.1) is 0 Å². The summed E-state index contributed by atoms with van der Waals surface area (Å²) in [6.45, 7) is 1.09. The molecule has 0 spiro atoms. The first-order valence-corrected chi connectivity index (χ1v) is 12.1. The minimum atomic E-state index is -4.73. The number of halogens is 4. The van der Waals surface area contributed by atoms with Crippen LogP contribution in [0.15, 0.2) is 83.8 Å². The van der Waals surface area contributed by atoms with Crippen LogP contribution in [-0.4, -0.2) is 20.9 Å². The number of hydrogen-bond donors (Lipinski definition) is 1. The number of nitrogens with zero attached hydrogens (tertiary/aromatic N) is 1. The van der Waals surface area contributed by atoms with E-state index in [2.05, 4.69) is 5.32 Å². The van der Waals surface area contributed by atoms with Gasteiger partial charge in [0, 0.05) is 0 Å². The van der Waals surface area contributed by atoms with Crippen molar-refractivity contribution in [2.75, 3.05) is 10.8 Å². The van der Waals surface area contributed by atoms with E-state index >= 15 is 0 Å². The zero-order chi connectivity index (χ0) is 24.9. The zero-order valence-corrected chi connectivity index (χ0v) is 19.7. The number of amides is 1. The number of sulfonamides is 1. The predicted molar refractivity (Wildman–Crippen MR) is 125 cm³/mol. The van der Waals surface area contributed by atoms with Crippen LogP contribution < -0.4 is 9.62 Å². The van der Waals surface area contributed by atoms with Crippen LogP contribution in [0.1, 0.15) is 30.5 Å². The van der Waals surface area contributed by atoms with Crippen molar-refractivity contribution < 1.29 is 26.4 Å². The highest BCUT2D eigenvalue weighted by Crippen LogP contribution is 2.37. The van der Waals surface area contributed by atoms with E-state index in [1.807, 2.05) is 25.1 Å². The molecule has 10 heteroatoms. The van der Waals surface area contributed by atoms with Crippen LogP contribution in [0.25, 0.3) is 0 Å². The Kier molecular flexibility index (Phi) is 7.89. The average molecular weight is 511 g/mol. The lowest BCUT2D eigenvalue weighted by Gasteiger charge is -2.27. The number of hydrogen-bond acceptors (Lipinski definition) is 3. The number of nitrogens with one attached hydrogen (secondary N) is 1. The third kappa shape index (κ3) is 5.90. The van der Waals surface area contributed by atoms with E-state index < -0.39 is 45.9 Å². The lowest BCUT2D eigenvalue weighted by molar-refractivity contribution is -0.137. The van der Waals surface area contributed by atoms with Crippen molar-refractivity contribution in [2.24, 2.45) is 0 Å². The van der Waals surface area contributed by atoms with E-state index in [9.17, 15) is 26.4 Å². The van der Waals surface area contributed by atoms with E-state index in [0.717, 1.165) is 17.7 Å². The highest BCUT2D eigenvalue weighted by molar-refractivity contribution is 7.92. The Bertz CT molecular complexity index is 1240. The summed E-state index contributed by atoms with van der Waals surface area (Å²) in [6.07, 6.45) is -4.21. The van der Waals surface area contributed by atoms with Crippen LogP contribution in [0.5, 0.6) is 0 Å². The molecule has 0 saturated carbocycles. The largest absolute Gasteiger partial charge is 0.416 e. The van der Waals surface area contributed by atoms with Gasteiger partial charge in [-0.25, -0.2) is 8.42 Å². The Morgan fingerprint density at radius 2 is 1.59 bits per heavy atom. The summed E-state index contributed by atoms with van der Waals surface area (Å²) >= 11 is 6.14. The monoisotopic (exact) mass is 510 g/mol. The fraction of sp³-hybridized carbons (Fsp3) is 0.208. The van der Waals surface area contributed by atoms with Gasteiger partial charge in [-0.3, -0.25) is 9.10 Å². The van der Waals surface area contributed by atoms with Crippen molar-refractivity contribution in [1.29, 1.82) is 0 Å². The Hall–Kier alpha value is -3.04. The first kappa shape index (κ1) is 25.6. The number of carbonyl (C=O) groups excluding carboxylic acids is 1. The molecule has 1 atom stereocenters. The molecule has 0 saturated heterocycles. The molecule has 5 nitrogen and oxygen atoms in total. The van der Waals surface area contributed by atoms with Gasteiger partial charge in [0.1, 0.15) is 6.54 Å². The van der Waals surface area contributed by atoms with Gasteiger partial charge in [0.2, 0.25) is 5.91 Å². The quantitative estimate of drug-likeness (QED) is 0.415. The van der Waals surface area contributed by atoms with Crippen LogP contribution in [-0.2, 0) is 21.0 Å². The maximum Gasteiger partial charge on any atom is 0.416 e. The standard InChI is InChI=1S/C24H22ClF3N2O3S/c1-2-21(17-9-5-3-6-10-17)29-23(31)16-30(34(32,33)19-11-7-4-8-12-19)22-15-18(24(26,27)28)13-14-20(22)25/h3-15,21H,2,16H2,1H3,(H,29,31). The van der Waals surface area contributed by atoms with Gasteiger partial charge < -0.3 is 5.32 Å². The van der Waals surface area contributed by atoms with Crippen LogP contribution in [0.2, 0.25) is 5.02 Å². The number of rotatable bonds is 8. The van der Waals surface area contributed by atoms with Crippen LogP contribution in [0.4, 0.5) is 18.9 Å². The van der Waals surface area contributed by atoms with Gasteiger partial charge in [-0.1, -0.05) is 67.1 Å². The summed E-state index contributed by atoms with van der Waals surface area (Å²) in [5.41, 5.74) is -0.715. The predicted octanol–water partition coefficient (Wildman–Crippen LogP) is 5.82. The lowest BCUT2D eigenvalue weighted by Crippen LogP contribution is -2.42. The van der Waals surface area contributed by atoms with Gasteiger partial charge in [-0.05, 0) is 42.3 Å². The highest BCUT2D eigenvalue weighted by atomic mass is 35.5. The van der Waals surface area contributed by atoms with E-state index in [4.69, 9.17) is 11.6 Å². The molecule has 3 aromatic rings. The SMILES string of the molecule is CCC(NC(=O)CN(c1cc(C(F)(F)F)ccc1Cl)S(=O)(=O)c1ccccc1)c1ccccc1. The van der Waals surface area contributed by atoms with E-state index in [0.29, 0.717) is 16.8 Å². The summed E-state index contributed by atoms with van der Waals surface area (Å²) in [6, 6.07) is 18.1. The molecule has 180 valence electrons. The molecule has 1 N–H and O–H groups in total. The Labute approximate surface area is 201 Å². The van der Waals surface area contributed by atoms with E-state index in [1.165, 1.54) is 24.3 Å². The van der Waals surface area contributed by atoms with Crippen molar-refractivity contribution in [3.8, 4) is 0 Å². The number of anilines is 1. The molecular formula is C24H22ClF3N2O3S. The number of carbonyl (C=O) groups is 1. The van der Waals surface area contributed by atoms with Crippen molar-refractivity contribution in [1.82, 2.24) is 5.32 Å². The van der Waals surface area contributed by atoms with Crippen molar-refractivity contribution in [3.63, 3.8) is 0 Å². The van der Waals surface area contributed by atoms with Gasteiger partial charge in [-0.15, -0.1) is 0 Å². The summed E-state index contributed by atoms with van der Waals surface area (Å²) in [5, 5.41) is 2.52. The zero-order valence-electron chi connectivity index (χ0n) is 18.1. The van der Waals surface area contributed by atoms with Gasteiger partial charge in [0.15, 0.2) is 0 Å². The molecule has 0 aliphatic rings. The molecule has 0 aliphatic heterocycles. The fourth-order valence-electron chi connectivity index (χ4n) is 3.38.